The second-order valence-electron chi connectivity index (χ2n) is 8.83. The second-order valence-corrected chi connectivity index (χ2v) is 8.83. The van der Waals surface area contributed by atoms with Crippen molar-refractivity contribution in [2.75, 3.05) is 19.7 Å². The van der Waals surface area contributed by atoms with Crippen LogP contribution in [0.4, 0.5) is 0 Å². The Morgan fingerprint density at radius 2 is 2.03 bits per heavy atom. The molecule has 1 atom stereocenters. The molecule has 0 aliphatic carbocycles. The lowest BCUT2D eigenvalue weighted by Gasteiger charge is -2.16. The van der Waals surface area contributed by atoms with Crippen molar-refractivity contribution >= 4 is 5.91 Å². The summed E-state index contributed by atoms with van der Waals surface area (Å²) in [5.41, 5.74) is 3.38. The van der Waals surface area contributed by atoms with Crippen molar-refractivity contribution in [2.45, 2.75) is 58.9 Å². The van der Waals surface area contributed by atoms with Gasteiger partial charge in [0.05, 0.1) is 12.3 Å². The Morgan fingerprint density at radius 3 is 2.72 bits per heavy atom. The van der Waals surface area contributed by atoms with E-state index < -0.39 is 0 Å². The monoisotopic (exact) mass is 436 g/mol. The lowest BCUT2D eigenvalue weighted by molar-refractivity contribution is -0.131. The largest absolute Gasteiger partial charge is 0.493 e. The number of nitrogens with zero attached hydrogens (tertiary/aromatic N) is 5. The van der Waals surface area contributed by atoms with Crippen molar-refractivity contribution in [3.8, 4) is 5.75 Å². The lowest BCUT2D eigenvalue weighted by atomic mass is 10.0. The zero-order chi connectivity index (χ0) is 22.7. The van der Waals surface area contributed by atoms with Gasteiger partial charge in [-0.3, -0.25) is 9.89 Å². The first-order valence-corrected chi connectivity index (χ1v) is 11.3. The molecule has 1 aromatic carbocycles. The second kappa shape index (κ2) is 9.54. The Labute approximate surface area is 189 Å². The van der Waals surface area contributed by atoms with Gasteiger partial charge in [-0.2, -0.15) is 10.2 Å². The molecule has 170 valence electrons. The summed E-state index contributed by atoms with van der Waals surface area (Å²) in [6, 6.07) is 10.4. The number of benzene rings is 1. The van der Waals surface area contributed by atoms with Gasteiger partial charge in [0.1, 0.15) is 23.9 Å². The van der Waals surface area contributed by atoms with Gasteiger partial charge in [0.25, 0.3) is 0 Å². The van der Waals surface area contributed by atoms with E-state index in [1.54, 1.807) is 4.68 Å². The number of rotatable bonds is 8. The summed E-state index contributed by atoms with van der Waals surface area (Å²) in [5, 5.41) is 11.9. The Balaban J connectivity index is 1.25. The van der Waals surface area contributed by atoms with Crippen LogP contribution in [-0.2, 0) is 17.8 Å². The summed E-state index contributed by atoms with van der Waals surface area (Å²) < 4.78 is 7.56. The van der Waals surface area contributed by atoms with E-state index >= 15 is 0 Å². The highest BCUT2D eigenvalue weighted by molar-refractivity contribution is 5.76. The van der Waals surface area contributed by atoms with Crippen LogP contribution in [0.1, 0.15) is 60.7 Å². The fourth-order valence-corrected chi connectivity index (χ4v) is 4.11. The molecule has 3 heterocycles. The molecule has 0 spiro atoms. The number of hydrogen-bond donors (Lipinski definition) is 1. The minimum Gasteiger partial charge on any atom is -0.493 e. The third kappa shape index (κ3) is 5.18. The van der Waals surface area contributed by atoms with E-state index in [2.05, 4.69) is 52.3 Å². The molecule has 32 heavy (non-hydrogen) atoms. The van der Waals surface area contributed by atoms with E-state index in [0.29, 0.717) is 24.9 Å². The first-order valence-electron chi connectivity index (χ1n) is 11.3. The van der Waals surface area contributed by atoms with Crippen molar-refractivity contribution in [1.82, 2.24) is 29.9 Å². The van der Waals surface area contributed by atoms with Crippen LogP contribution < -0.4 is 4.74 Å². The van der Waals surface area contributed by atoms with E-state index in [1.807, 2.05) is 30.9 Å². The Bertz CT molecular complexity index is 1050. The number of carbonyl (C=O) groups is 1. The molecule has 0 unspecified atom stereocenters. The van der Waals surface area contributed by atoms with Gasteiger partial charge in [-0.25, -0.2) is 9.67 Å². The van der Waals surface area contributed by atoms with E-state index in [9.17, 15) is 4.79 Å². The molecule has 0 radical (unpaired) electrons. The van der Waals surface area contributed by atoms with E-state index in [0.717, 1.165) is 42.3 Å². The fraction of sp³-hybridized carbons (Fsp3) is 0.500. The fourth-order valence-electron chi connectivity index (χ4n) is 4.11. The van der Waals surface area contributed by atoms with E-state index in [-0.39, 0.29) is 18.4 Å². The number of likely N-dealkylation sites (tertiary alicyclic amines) is 1. The molecule has 1 aliphatic rings. The first-order chi connectivity index (χ1) is 15.4. The van der Waals surface area contributed by atoms with Crippen molar-refractivity contribution in [1.29, 1.82) is 0 Å². The summed E-state index contributed by atoms with van der Waals surface area (Å²) in [6.07, 6.45) is 1.68. The van der Waals surface area contributed by atoms with Gasteiger partial charge in [-0.15, -0.1) is 0 Å². The number of aromatic amines is 1. The SMILES string of the molecule is Cc1nc(C)n(CC(=O)N2CC[C@H](c3cc(CCOc4ccc(C(C)C)cc4)[nH]n3)C2)n1. The van der Waals surface area contributed by atoms with Gasteiger partial charge in [0, 0.05) is 31.1 Å². The van der Waals surface area contributed by atoms with Crippen LogP contribution in [0.2, 0.25) is 0 Å². The van der Waals surface area contributed by atoms with Crippen LogP contribution in [0, 0.1) is 13.8 Å². The number of nitrogens with one attached hydrogen (secondary N) is 1. The number of carbonyl (C=O) groups excluding carboxylic acids is 1. The standard InChI is InChI=1S/C24H32N6O2/c1-16(2)19-5-7-22(8-6-19)32-12-10-21-13-23(27-26-21)20-9-11-29(14-20)24(31)15-30-18(4)25-17(3)28-30/h5-8,13,16,20H,9-12,14-15H2,1-4H3,(H,26,27)/t20-/m0/s1. The Morgan fingerprint density at radius 1 is 1.25 bits per heavy atom. The summed E-state index contributed by atoms with van der Waals surface area (Å²) >= 11 is 0. The summed E-state index contributed by atoms with van der Waals surface area (Å²) in [6.45, 7) is 10.3. The molecule has 1 N–H and O–H groups in total. The van der Waals surface area contributed by atoms with Gasteiger partial charge < -0.3 is 9.64 Å². The molecule has 0 bridgehead atoms. The molecule has 2 aromatic heterocycles. The number of aryl methyl sites for hydroxylation is 2. The van der Waals surface area contributed by atoms with Crippen molar-refractivity contribution in [3.63, 3.8) is 0 Å². The number of amides is 1. The molecule has 1 amide bonds. The van der Waals surface area contributed by atoms with Gasteiger partial charge >= 0.3 is 0 Å². The van der Waals surface area contributed by atoms with Crippen LogP contribution in [0.3, 0.4) is 0 Å². The molecule has 4 rings (SSSR count). The van der Waals surface area contributed by atoms with Crippen LogP contribution in [0.5, 0.6) is 5.75 Å². The molecule has 3 aromatic rings. The number of aromatic nitrogens is 5. The molecular formula is C24H32N6O2. The van der Waals surface area contributed by atoms with E-state index in [1.165, 1.54) is 5.56 Å². The van der Waals surface area contributed by atoms with Crippen LogP contribution >= 0.6 is 0 Å². The number of hydrogen-bond acceptors (Lipinski definition) is 5. The maximum absolute atomic E-state index is 12.7. The van der Waals surface area contributed by atoms with Gasteiger partial charge in [-0.05, 0) is 49.9 Å². The molecule has 1 saturated heterocycles. The van der Waals surface area contributed by atoms with Crippen molar-refractivity contribution in [3.05, 3.63) is 58.9 Å². The summed E-state index contributed by atoms with van der Waals surface area (Å²) in [4.78, 5) is 18.9. The van der Waals surface area contributed by atoms with Crippen LogP contribution in [0.15, 0.2) is 30.3 Å². The highest BCUT2D eigenvalue weighted by atomic mass is 16.5. The Kier molecular flexibility index (Phi) is 6.58. The third-order valence-corrected chi connectivity index (χ3v) is 6.04. The number of H-pyrrole nitrogens is 1. The topological polar surface area (TPSA) is 88.9 Å². The minimum absolute atomic E-state index is 0.0770. The smallest absolute Gasteiger partial charge is 0.244 e. The summed E-state index contributed by atoms with van der Waals surface area (Å²) in [5.74, 6) is 3.19. The zero-order valence-corrected chi connectivity index (χ0v) is 19.3. The van der Waals surface area contributed by atoms with Gasteiger partial charge in [0.2, 0.25) is 5.91 Å². The molecular weight excluding hydrogens is 404 g/mol. The first kappa shape index (κ1) is 22.0. The average Bonchev–Trinajstić information content (AvgIpc) is 3.49. The molecule has 0 saturated carbocycles. The molecule has 8 heteroatoms. The quantitative estimate of drug-likeness (QED) is 0.585. The molecule has 8 nitrogen and oxygen atoms in total. The average molecular weight is 437 g/mol. The third-order valence-electron chi connectivity index (χ3n) is 6.04. The minimum atomic E-state index is 0.0770. The van der Waals surface area contributed by atoms with Crippen molar-refractivity contribution in [2.24, 2.45) is 0 Å². The van der Waals surface area contributed by atoms with Crippen LogP contribution in [-0.4, -0.2) is 55.5 Å². The van der Waals surface area contributed by atoms with Crippen LogP contribution in [0.25, 0.3) is 0 Å². The van der Waals surface area contributed by atoms with E-state index in [4.69, 9.17) is 4.74 Å². The van der Waals surface area contributed by atoms with Gasteiger partial charge in [-0.1, -0.05) is 26.0 Å². The zero-order valence-electron chi connectivity index (χ0n) is 19.3. The lowest BCUT2D eigenvalue weighted by Crippen LogP contribution is -2.32. The highest BCUT2D eigenvalue weighted by Crippen LogP contribution is 2.26. The normalized spacial score (nSPS) is 16.2. The predicted molar refractivity (Wildman–Crippen MR) is 122 cm³/mol. The summed E-state index contributed by atoms with van der Waals surface area (Å²) in [7, 11) is 0. The van der Waals surface area contributed by atoms with Crippen molar-refractivity contribution < 1.29 is 9.53 Å². The van der Waals surface area contributed by atoms with Gasteiger partial charge in [0.15, 0.2) is 0 Å². The maximum atomic E-state index is 12.7. The molecule has 1 fully saturated rings. The molecule has 1 aliphatic heterocycles. The predicted octanol–water partition coefficient (Wildman–Crippen LogP) is 3.38. The Hall–Kier alpha value is -3.16. The maximum Gasteiger partial charge on any atom is 0.244 e. The number of ether oxygens (including phenoxy) is 1. The highest BCUT2D eigenvalue weighted by Gasteiger charge is 2.29.